The number of halogens is 1. The summed E-state index contributed by atoms with van der Waals surface area (Å²) in [4.78, 5) is 11.9. The van der Waals surface area contributed by atoms with Crippen LogP contribution < -0.4 is 5.32 Å². The van der Waals surface area contributed by atoms with Gasteiger partial charge in [-0.1, -0.05) is 44.0 Å². The Labute approximate surface area is 120 Å². The summed E-state index contributed by atoms with van der Waals surface area (Å²) < 4.78 is 0. The first kappa shape index (κ1) is 15.8. The quantitative estimate of drug-likeness (QED) is 0.767. The van der Waals surface area contributed by atoms with Crippen LogP contribution in [-0.2, 0) is 4.79 Å². The second-order valence-corrected chi connectivity index (χ2v) is 5.18. The van der Waals surface area contributed by atoms with E-state index in [4.69, 9.17) is 11.6 Å². The number of allylic oxidation sites excluding steroid dienone is 1. The molecule has 0 aliphatic rings. The van der Waals surface area contributed by atoms with E-state index in [2.05, 4.69) is 19.2 Å². The molecule has 0 radical (unpaired) electrons. The summed E-state index contributed by atoms with van der Waals surface area (Å²) in [6, 6.07) is 7.83. The lowest BCUT2D eigenvalue weighted by Gasteiger charge is -2.11. The largest absolute Gasteiger partial charge is 0.350 e. The van der Waals surface area contributed by atoms with Crippen LogP contribution in [0.4, 0.5) is 0 Å². The molecule has 0 fully saturated rings. The molecule has 1 atom stereocenters. The Morgan fingerprint density at radius 1 is 1.32 bits per heavy atom. The van der Waals surface area contributed by atoms with Crippen molar-refractivity contribution in [3.8, 4) is 0 Å². The van der Waals surface area contributed by atoms with Gasteiger partial charge in [0.2, 0.25) is 5.91 Å². The lowest BCUT2D eigenvalue weighted by molar-refractivity contribution is -0.117. The summed E-state index contributed by atoms with van der Waals surface area (Å²) in [5.74, 6) is -0.0206. The summed E-state index contributed by atoms with van der Waals surface area (Å²) in [5, 5.41) is 3.67. The summed E-state index contributed by atoms with van der Waals surface area (Å²) in [6.45, 7) is 6.17. The first-order valence-corrected chi connectivity index (χ1v) is 7.21. The topological polar surface area (TPSA) is 29.1 Å². The number of amides is 1. The standard InChI is InChI=1S/C16H22ClNO/c1-4-6-14(11-16(19)18-12(3)5-2)13-7-9-15(17)10-8-13/h7-12H,4-6H2,1-3H3,(H,18,19)/b14-11+. The van der Waals surface area contributed by atoms with E-state index in [9.17, 15) is 4.79 Å². The summed E-state index contributed by atoms with van der Waals surface area (Å²) in [5.41, 5.74) is 2.12. The van der Waals surface area contributed by atoms with Crippen LogP contribution in [0, 0.1) is 0 Å². The molecule has 0 aliphatic heterocycles. The third kappa shape index (κ3) is 5.48. The molecule has 3 heteroatoms. The third-order valence-electron chi connectivity index (χ3n) is 3.04. The van der Waals surface area contributed by atoms with Crippen LogP contribution in [0.15, 0.2) is 30.3 Å². The molecular weight excluding hydrogens is 258 g/mol. The smallest absolute Gasteiger partial charge is 0.244 e. The molecule has 1 aromatic rings. The number of carbonyl (C=O) groups excluding carboxylic acids is 1. The molecule has 0 saturated heterocycles. The maximum Gasteiger partial charge on any atom is 0.244 e. The molecule has 1 amide bonds. The summed E-state index contributed by atoms with van der Waals surface area (Å²) in [6.07, 6.45) is 4.53. The van der Waals surface area contributed by atoms with Crippen molar-refractivity contribution in [1.29, 1.82) is 0 Å². The highest BCUT2D eigenvalue weighted by Crippen LogP contribution is 2.21. The van der Waals surface area contributed by atoms with Crippen molar-refractivity contribution in [2.45, 2.75) is 46.1 Å². The molecule has 19 heavy (non-hydrogen) atoms. The van der Waals surface area contributed by atoms with E-state index in [0.717, 1.165) is 30.4 Å². The second kappa shape index (κ2) is 8.00. The van der Waals surface area contributed by atoms with Gasteiger partial charge in [0, 0.05) is 17.1 Å². The van der Waals surface area contributed by atoms with Gasteiger partial charge in [-0.2, -0.15) is 0 Å². The van der Waals surface area contributed by atoms with Crippen molar-refractivity contribution in [2.24, 2.45) is 0 Å². The third-order valence-corrected chi connectivity index (χ3v) is 3.29. The first-order valence-electron chi connectivity index (χ1n) is 6.83. The van der Waals surface area contributed by atoms with Crippen molar-refractivity contribution < 1.29 is 4.79 Å². The zero-order chi connectivity index (χ0) is 14.3. The van der Waals surface area contributed by atoms with E-state index < -0.39 is 0 Å². The highest BCUT2D eigenvalue weighted by atomic mass is 35.5. The Morgan fingerprint density at radius 2 is 1.95 bits per heavy atom. The van der Waals surface area contributed by atoms with Gasteiger partial charge in [-0.3, -0.25) is 4.79 Å². The fraction of sp³-hybridized carbons (Fsp3) is 0.438. The van der Waals surface area contributed by atoms with Crippen LogP contribution in [0.2, 0.25) is 5.02 Å². The van der Waals surface area contributed by atoms with Gasteiger partial charge in [0.1, 0.15) is 0 Å². The maximum atomic E-state index is 11.9. The fourth-order valence-corrected chi connectivity index (χ4v) is 1.90. The van der Waals surface area contributed by atoms with Crippen molar-refractivity contribution >= 4 is 23.1 Å². The van der Waals surface area contributed by atoms with Crippen molar-refractivity contribution in [2.75, 3.05) is 0 Å². The van der Waals surface area contributed by atoms with Gasteiger partial charge in [-0.05, 0) is 43.0 Å². The van der Waals surface area contributed by atoms with E-state index in [1.807, 2.05) is 31.2 Å². The molecule has 2 nitrogen and oxygen atoms in total. The minimum Gasteiger partial charge on any atom is -0.350 e. The summed E-state index contributed by atoms with van der Waals surface area (Å²) in [7, 11) is 0. The lowest BCUT2D eigenvalue weighted by atomic mass is 10.0. The number of benzene rings is 1. The highest BCUT2D eigenvalue weighted by Gasteiger charge is 2.06. The minimum atomic E-state index is -0.0206. The molecule has 104 valence electrons. The van der Waals surface area contributed by atoms with E-state index in [1.54, 1.807) is 6.08 Å². The predicted molar refractivity (Wildman–Crippen MR) is 82.2 cm³/mol. The molecule has 1 N–H and O–H groups in total. The van der Waals surface area contributed by atoms with Gasteiger partial charge in [0.15, 0.2) is 0 Å². The number of carbonyl (C=O) groups is 1. The Kier molecular flexibility index (Phi) is 6.65. The van der Waals surface area contributed by atoms with Crippen molar-refractivity contribution in [3.63, 3.8) is 0 Å². The van der Waals surface area contributed by atoms with Gasteiger partial charge in [0.25, 0.3) is 0 Å². The molecular formula is C16H22ClNO. The molecule has 1 rings (SSSR count). The van der Waals surface area contributed by atoms with E-state index in [1.165, 1.54) is 0 Å². The minimum absolute atomic E-state index is 0.0206. The van der Waals surface area contributed by atoms with E-state index >= 15 is 0 Å². The van der Waals surface area contributed by atoms with Crippen LogP contribution in [-0.4, -0.2) is 11.9 Å². The number of nitrogens with one attached hydrogen (secondary N) is 1. The van der Waals surface area contributed by atoms with E-state index in [-0.39, 0.29) is 11.9 Å². The van der Waals surface area contributed by atoms with Gasteiger partial charge in [-0.15, -0.1) is 0 Å². The zero-order valence-corrected chi connectivity index (χ0v) is 12.6. The van der Waals surface area contributed by atoms with Crippen LogP contribution in [0.1, 0.15) is 45.6 Å². The number of rotatable bonds is 6. The molecule has 0 spiro atoms. The molecule has 0 heterocycles. The molecule has 0 aliphatic carbocycles. The van der Waals surface area contributed by atoms with Gasteiger partial charge >= 0.3 is 0 Å². The van der Waals surface area contributed by atoms with Gasteiger partial charge < -0.3 is 5.32 Å². The lowest BCUT2D eigenvalue weighted by Crippen LogP contribution is -2.30. The fourth-order valence-electron chi connectivity index (χ4n) is 1.78. The van der Waals surface area contributed by atoms with Crippen LogP contribution >= 0.6 is 11.6 Å². The number of hydrogen-bond acceptors (Lipinski definition) is 1. The average molecular weight is 280 g/mol. The van der Waals surface area contributed by atoms with Crippen LogP contribution in [0.3, 0.4) is 0 Å². The maximum absolute atomic E-state index is 11.9. The van der Waals surface area contributed by atoms with Crippen molar-refractivity contribution in [3.05, 3.63) is 40.9 Å². The molecule has 0 aromatic heterocycles. The SMILES string of the molecule is CCC/C(=C\C(=O)NC(C)CC)c1ccc(Cl)cc1. The highest BCUT2D eigenvalue weighted by molar-refractivity contribution is 6.30. The van der Waals surface area contributed by atoms with E-state index in [0.29, 0.717) is 5.02 Å². The molecule has 0 saturated carbocycles. The molecule has 1 aromatic carbocycles. The van der Waals surface area contributed by atoms with Gasteiger partial charge in [-0.25, -0.2) is 0 Å². The Morgan fingerprint density at radius 3 is 2.47 bits per heavy atom. The monoisotopic (exact) mass is 279 g/mol. The Balaban J connectivity index is 2.87. The molecule has 1 unspecified atom stereocenters. The normalized spacial score (nSPS) is 13.2. The van der Waals surface area contributed by atoms with Gasteiger partial charge in [0.05, 0.1) is 0 Å². The first-order chi connectivity index (χ1) is 9.06. The average Bonchev–Trinajstić information content (AvgIpc) is 2.39. The second-order valence-electron chi connectivity index (χ2n) is 4.74. The van der Waals surface area contributed by atoms with Crippen molar-refractivity contribution in [1.82, 2.24) is 5.32 Å². The molecule has 0 bridgehead atoms. The Hall–Kier alpha value is -1.28. The predicted octanol–water partition coefficient (Wildman–Crippen LogP) is 4.44. The van der Waals surface area contributed by atoms with Crippen LogP contribution in [0.5, 0.6) is 0 Å². The van der Waals surface area contributed by atoms with Crippen LogP contribution in [0.25, 0.3) is 5.57 Å². The summed E-state index contributed by atoms with van der Waals surface area (Å²) >= 11 is 5.89. The number of hydrogen-bond donors (Lipinski definition) is 1. The Bertz CT molecular complexity index is 437. The zero-order valence-electron chi connectivity index (χ0n) is 11.9.